The molecule has 2 aromatic carbocycles. The Morgan fingerprint density at radius 3 is 2.21 bits per heavy atom. The lowest BCUT2D eigenvalue weighted by Crippen LogP contribution is -2.59. The van der Waals surface area contributed by atoms with Crippen LogP contribution >= 0.6 is 0 Å². The van der Waals surface area contributed by atoms with Crippen molar-refractivity contribution < 1.29 is 41.4 Å². The van der Waals surface area contributed by atoms with Crippen molar-refractivity contribution in [2.75, 3.05) is 11.4 Å². The zero-order valence-electron chi connectivity index (χ0n) is 22.2. The number of carbonyl (C=O) groups excluding carboxylic acids is 1. The summed E-state index contributed by atoms with van der Waals surface area (Å²) in [6.07, 6.45) is 8.58. The summed E-state index contributed by atoms with van der Waals surface area (Å²) in [4.78, 5) is 34.5. The fraction of sp³-hybridized carbons (Fsp3) is 0.357. The molecular weight excluding hydrogens is 577 g/mol. The molecule has 14 heteroatoms. The third-order valence-corrected chi connectivity index (χ3v) is 9.56. The number of aromatic hydroxyl groups is 1. The predicted molar refractivity (Wildman–Crippen MR) is 143 cm³/mol. The highest BCUT2D eigenvalue weighted by atomic mass is 32.2. The summed E-state index contributed by atoms with van der Waals surface area (Å²) in [6.45, 7) is -0.348. The van der Waals surface area contributed by atoms with Gasteiger partial charge in [-0.3, -0.25) is 14.8 Å². The molecule has 1 amide bonds. The lowest BCUT2D eigenvalue weighted by Gasteiger charge is -2.41. The van der Waals surface area contributed by atoms with Crippen molar-refractivity contribution in [1.82, 2.24) is 14.3 Å². The molecule has 0 spiro atoms. The second-order valence-electron chi connectivity index (χ2n) is 10.3. The summed E-state index contributed by atoms with van der Waals surface area (Å²) < 4.78 is 68.2. The van der Waals surface area contributed by atoms with E-state index in [1.54, 1.807) is 6.20 Å². The summed E-state index contributed by atoms with van der Waals surface area (Å²) in [7, 11) is -4.61. The smallest absolute Gasteiger partial charge is 0.339 e. The van der Waals surface area contributed by atoms with E-state index < -0.39 is 61.6 Å². The van der Waals surface area contributed by atoms with Crippen LogP contribution in [0, 0.1) is 17.5 Å². The van der Waals surface area contributed by atoms with Gasteiger partial charge in [0.15, 0.2) is 17.5 Å². The van der Waals surface area contributed by atoms with E-state index >= 15 is 0 Å². The average Bonchev–Trinajstić information content (AvgIpc) is 2.94. The van der Waals surface area contributed by atoms with Crippen LogP contribution in [0.1, 0.15) is 66.2 Å². The van der Waals surface area contributed by atoms with Gasteiger partial charge in [-0.05, 0) is 43.5 Å². The Bertz CT molecular complexity index is 1610. The minimum absolute atomic E-state index is 0.0591. The van der Waals surface area contributed by atoms with Gasteiger partial charge in [0.2, 0.25) is 15.9 Å². The molecule has 5 rings (SSSR count). The fourth-order valence-electron chi connectivity index (χ4n) is 5.28. The number of amides is 1. The molecule has 3 aromatic rings. The number of phenols is 1. The summed E-state index contributed by atoms with van der Waals surface area (Å²) in [5.41, 5.74) is 0.829. The number of nitrogens with zero attached hydrogens (tertiary/aromatic N) is 4. The van der Waals surface area contributed by atoms with Crippen molar-refractivity contribution in [1.29, 1.82) is 0 Å². The van der Waals surface area contributed by atoms with Crippen LogP contribution in [-0.4, -0.2) is 57.4 Å². The summed E-state index contributed by atoms with van der Waals surface area (Å²) in [5, 5.41) is 19.6. The molecule has 2 N–H and O–H groups in total. The van der Waals surface area contributed by atoms with E-state index in [1.807, 2.05) is 0 Å². The van der Waals surface area contributed by atoms with E-state index in [-0.39, 0.29) is 31.1 Å². The second kappa shape index (κ2) is 11.7. The Kier molecular flexibility index (Phi) is 8.19. The number of benzene rings is 2. The third-order valence-electron chi connectivity index (χ3n) is 7.68. The first-order chi connectivity index (χ1) is 20.0. The number of hydrogen-bond donors (Lipinski definition) is 2. The molecule has 2 heterocycles. The number of aromatic carboxylic acids is 1. The van der Waals surface area contributed by atoms with Crippen molar-refractivity contribution in [3.05, 3.63) is 77.1 Å². The Balaban J connectivity index is 1.45. The molecule has 1 aliphatic heterocycles. The maximum Gasteiger partial charge on any atom is 0.339 e. The molecule has 1 saturated heterocycles. The van der Waals surface area contributed by atoms with Crippen LogP contribution in [0.5, 0.6) is 5.75 Å². The zero-order chi connectivity index (χ0) is 30.2. The number of hydrogen-bond acceptors (Lipinski definition) is 7. The van der Waals surface area contributed by atoms with Gasteiger partial charge in [-0.1, -0.05) is 19.3 Å². The van der Waals surface area contributed by atoms with Gasteiger partial charge >= 0.3 is 5.97 Å². The zero-order valence-corrected chi connectivity index (χ0v) is 23.0. The van der Waals surface area contributed by atoms with Crippen molar-refractivity contribution in [3.63, 3.8) is 0 Å². The lowest BCUT2D eigenvalue weighted by atomic mass is 9.87. The molecule has 1 aromatic heterocycles. The van der Waals surface area contributed by atoms with Crippen LogP contribution in [-0.2, 0) is 21.4 Å². The maximum absolute atomic E-state index is 13.8. The predicted octanol–water partition coefficient (Wildman–Crippen LogP) is 4.34. The van der Waals surface area contributed by atoms with Crippen molar-refractivity contribution in [3.8, 4) is 5.75 Å². The monoisotopic (exact) mass is 604 g/mol. The lowest BCUT2D eigenvalue weighted by molar-refractivity contribution is -0.125. The van der Waals surface area contributed by atoms with Gasteiger partial charge in [0.1, 0.15) is 17.4 Å². The molecule has 1 saturated carbocycles. The van der Waals surface area contributed by atoms with Crippen LogP contribution in [0.2, 0.25) is 0 Å². The topological polar surface area (TPSA) is 141 Å². The molecule has 1 aliphatic carbocycles. The van der Waals surface area contributed by atoms with E-state index in [0.717, 1.165) is 52.7 Å². The Hall–Kier alpha value is -4.04. The minimum Gasteiger partial charge on any atom is -0.507 e. The van der Waals surface area contributed by atoms with Crippen LogP contribution in [0.4, 0.5) is 18.9 Å². The van der Waals surface area contributed by atoms with Gasteiger partial charge < -0.3 is 15.1 Å². The highest BCUT2D eigenvalue weighted by molar-refractivity contribution is 7.89. The van der Waals surface area contributed by atoms with Crippen LogP contribution < -0.4 is 4.90 Å². The van der Waals surface area contributed by atoms with Gasteiger partial charge in [0, 0.05) is 30.4 Å². The largest absolute Gasteiger partial charge is 0.507 e. The van der Waals surface area contributed by atoms with Crippen LogP contribution in [0.25, 0.3) is 0 Å². The van der Waals surface area contributed by atoms with Gasteiger partial charge in [-0.15, -0.1) is 0 Å². The van der Waals surface area contributed by atoms with Gasteiger partial charge in [-0.25, -0.2) is 26.4 Å². The van der Waals surface area contributed by atoms with Gasteiger partial charge in [0.25, 0.3) is 0 Å². The SMILES string of the molecule is O=C(O)c1ccc(N(Cc2cnc(C3CCCCC3)cn2)C(=O)[C@H]2CCN2S(=O)(=O)c2cc(F)c(F)c(F)c2)cc1O. The molecule has 42 heavy (non-hydrogen) atoms. The maximum atomic E-state index is 13.8. The summed E-state index contributed by atoms with van der Waals surface area (Å²) >= 11 is 0. The Morgan fingerprint density at radius 1 is 0.976 bits per heavy atom. The van der Waals surface area contributed by atoms with Crippen LogP contribution in [0.15, 0.2) is 47.6 Å². The fourth-order valence-corrected chi connectivity index (χ4v) is 6.93. The Morgan fingerprint density at radius 2 is 1.67 bits per heavy atom. The number of halogens is 3. The molecular formula is C28H27F3N4O6S. The first kappa shape index (κ1) is 29.5. The highest BCUT2D eigenvalue weighted by Gasteiger charge is 2.45. The number of aromatic nitrogens is 2. The quantitative estimate of drug-likeness (QED) is 0.362. The number of rotatable bonds is 8. The number of carboxylic acids is 1. The Labute approximate surface area is 239 Å². The number of anilines is 1. The number of carbonyl (C=O) groups is 2. The first-order valence-corrected chi connectivity index (χ1v) is 14.8. The van der Waals surface area contributed by atoms with Crippen molar-refractivity contribution in [2.45, 2.75) is 61.9 Å². The van der Waals surface area contributed by atoms with E-state index in [9.17, 15) is 41.4 Å². The molecule has 0 unspecified atom stereocenters. The molecule has 2 aliphatic rings. The number of carboxylic acid groups (broad SMARTS) is 1. The summed E-state index contributed by atoms with van der Waals surface area (Å²) in [5.74, 6) is -7.69. The third kappa shape index (κ3) is 5.68. The second-order valence-corrected chi connectivity index (χ2v) is 12.2. The average molecular weight is 605 g/mol. The molecule has 1 atom stereocenters. The van der Waals surface area contributed by atoms with Gasteiger partial charge in [-0.2, -0.15) is 4.31 Å². The normalized spacial score (nSPS) is 17.9. The van der Waals surface area contributed by atoms with Crippen molar-refractivity contribution in [2.24, 2.45) is 0 Å². The minimum atomic E-state index is -4.61. The van der Waals surface area contributed by atoms with E-state index in [0.29, 0.717) is 17.8 Å². The van der Waals surface area contributed by atoms with E-state index in [2.05, 4.69) is 9.97 Å². The van der Waals surface area contributed by atoms with E-state index in [1.165, 1.54) is 18.7 Å². The highest BCUT2D eigenvalue weighted by Crippen LogP contribution is 2.34. The number of sulfonamides is 1. The molecule has 2 fully saturated rings. The van der Waals surface area contributed by atoms with E-state index in [4.69, 9.17) is 0 Å². The van der Waals surface area contributed by atoms with Gasteiger partial charge in [0.05, 0.1) is 29.0 Å². The van der Waals surface area contributed by atoms with Crippen molar-refractivity contribution >= 4 is 27.6 Å². The summed E-state index contributed by atoms with van der Waals surface area (Å²) in [6, 6.07) is 2.84. The molecule has 10 nitrogen and oxygen atoms in total. The molecule has 0 bridgehead atoms. The van der Waals surface area contributed by atoms with Crippen LogP contribution in [0.3, 0.4) is 0 Å². The molecule has 222 valence electrons. The standard InChI is InChI=1S/C28H27F3N4O6S/c29-21-11-19(12-22(30)26(21)31)42(40,41)35-9-8-24(35)27(37)34(18-6-7-20(28(38)39)25(36)10-18)15-17-13-33-23(14-32-17)16-4-2-1-3-5-16/h6-7,10-14,16,24,36H,1-5,8-9,15H2,(H,38,39)/t24-/m1/s1. The molecule has 0 radical (unpaired) electrons. The first-order valence-electron chi connectivity index (χ1n) is 13.3.